The van der Waals surface area contributed by atoms with Gasteiger partial charge in [-0.05, 0) is 25.0 Å². The van der Waals surface area contributed by atoms with Gasteiger partial charge in [0.05, 0.1) is 6.54 Å². The van der Waals surface area contributed by atoms with Gasteiger partial charge in [-0.15, -0.1) is 24.0 Å². The van der Waals surface area contributed by atoms with Crippen LogP contribution in [0.25, 0.3) is 0 Å². The molecule has 1 atom stereocenters. The molecule has 2 N–H and O–H groups in total. The van der Waals surface area contributed by atoms with E-state index in [1.165, 1.54) is 5.56 Å². The van der Waals surface area contributed by atoms with Crippen molar-refractivity contribution in [3.05, 3.63) is 34.3 Å². The maximum absolute atomic E-state index is 12.2. The second-order valence-corrected chi connectivity index (χ2v) is 8.98. The summed E-state index contributed by atoms with van der Waals surface area (Å²) < 4.78 is 1.11. The zero-order valence-electron chi connectivity index (χ0n) is 17.6. The van der Waals surface area contributed by atoms with Gasteiger partial charge in [0.1, 0.15) is 0 Å². The number of hydrogen-bond acceptors (Lipinski definition) is 2. The standard InChI is InChI=1S/C21H33BrN4O.HI/c1-6-23-20(25-16-11-12-26(13-16)19(27)15(2)3)24-14-21(4,5)17-9-7-8-10-18(17)22;/h7-10,15-16H,6,11-14H2,1-5H3,(H2,23,24,25);1H. The Labute approximate surface area is 195 Å². The molecule has 2 rings (SSSR count). The number of rotatable bonds is 6. The lowest BCUT2D eigenvalue weighted by atomic mass is 9.85. The van der Waals surface area contributed by atoms with Crippen molar-refractivity contribution in [2.24, 2.45) is 10.9 Å². The zero-order chi connectivity index (χ0) is 20.0. The molecule has 0 spiro atoms. The van der Waals surface area contributed by atoms with E-state index in [0.29, 0.717) is 6.54 Å². The van der Waals surface area contributed by atoms with Crippen LogP contribution in [-0.4, -0.2) is 49.0 Å². The quantitative estimate of drug-likeness (QED) is 0.310. The molecule has 1 saturated heterocycles. The van der Waals surface area contributed by atoms with E-state index in [0.717, 1.165) is 36.5 Å². The number of likely N-dealkylation sites (tertiary alicyclic amines) is 1. The molecule has 5 nitrogen and oxygen atoms in total. The third-order valence-electron chi connectivity index (χ3n) is 4.91. The van der Waals surface area contributed by atoms with Gasteiger partial charge in [-0.2, -0.15) is 0 Å². The summed E-state index contributed by atoms with van der Waals surface area (Å²) in [5.41, 5.74) is 1.16. The Balaban J connectivity index is 0.00000392. The molecule has 1 aromatic carbocycles. The fourth-order valence-corrected chi connectivity index (χ4v) is 4.15. The van der Waals surface area contributed by atoms with Crippen LogP contribution < -0.4 is 10.6 Å². The van der Waals surface area contributed by atoms with Gasteiger partial charge in [-0.25, -0.2) is 0 Å². The lowest BCUT2D eigenvalue weighted by Crippen LogP contribution is -2.45. The van der Waals surface area contributed by atoms with Crippen molar-refractivity contribution in [2.45, 2.75) is 52.5 Å². The summed E-state index contributed by atoms with van der Waals surface area (Å²) in [7, 11) is 0. The van der Waals surface area contributed by atoms with Crippen molar-refractivity contribution in [1.82, 2.24) is 15.5 Å². The molecule has 1 fully saturated rings. The summed E-state index contributed by atoms with van der Waals surface area (Å²) in [6.45, 7) is 13.4. The number of aliphatic imine (C=N–C) groups is 1. The number of hydrogen-bond donors (Lipinski definition) is 2. The maximum atomic E-state index is 12.2. The molecule has 158 valence electrons. The largest absolute Gasteiger partial charge is 0.357 e. The number of carbonyl (C=O) groups is 1. The number of halogens is 2. The molecule has 1 aliphatic rings. The van der Waals surface area contributed by atoms with Crippen molar-refractivity contribution in [3.8, 4) is 0 Å². The van der Waals surface area contributed by atoms with Gasteiger partial charge in [0, 0.05) is 41.5 Å². The molecule has 1 unspecified atom stereocenters. The molecule has 28 heavy (non-hydrogen) atoms. The van der Waals surface area contributed by atoms with Crippen LogP contribution in [0.5, 0.6) is 0 Å². The van der Waals surface area contributed by atoms with Gasteiger partial charge in [0.25, 0.3) is 0 Å². The number of nitrogens with zero attached hydrogens (tertiary/aromatic N) is 2. The third-order valence-corrected chi connectivity index (χ3v) is 5.61. The van der Waals surface area contributed by atoms with Crippen molar-refractivity contribution < 1.29 is 4.79 Å². The summed E-state index contributed by atoms with van der Waals surface area (Å²) in [5, 5.41) is 6.85. The zero-order valence-corrected chi connectivity index (χ0v) is 21.5. The second-order valence-electron chi connectivity index (χ2n) is 8.13. The fraction of sp³-hybridized carbons (Fsp3) is 0.619. The Morgan fingerprint density at radius 1 is 1.36 bits per heavy atom. The predicted octanol–water partition coefficient (Wildman–Crippen LogP) is 4.16. The number of guanidine groups is 1. The molecule has 0 aromatic heterocycles. The summed E-state index contributed by atoms with van der Waals surface area (Å²) in [5.74, 6) is 1.11. The lowest BCUT2D eigenvalue weighted by molar-refractivity contribution is -0.133. The Kier molecular flexibility index (Phi) is 10.2. The number of benzene rings is 1. The Bertz CT molecular complexity index is 678. The average molecular weight is 565 g/mol. The van der Waals surface area contributed by atoms with Gasteiger partial charge in [-0.3, -0.25) is 9.79 Å². The molecular weight excluding hydrogens is 531 g/mol. The van der Waals surface area contributed by atoms with Crippen molar-refractivity contribution in [2.75, 3.05) is 26.2 Å². The van der Waals surface area contributed by atoms with Crippen molar-refractivity contribution in [1.29, 1.82) is 0 Å². The van der Waals surface area contributed by atoms with Crippen LogP contribution in [0, 0.1) is 5.92 Å². The minimum atomic E-state index is -0.0856. The van der Waals surface area contributed by atoms with Gasteiger partial charge < -0.3 is 15.5 Å². The summed E-state index contributed by atoms with van der Waals surface area (Å²) >= 11 is 3.66. The molecule has 1 aliphatic heterocycles. The molecule has 1 amide bonds. The van der Waals surface area contributed by atoms with E-state index in [4.69, 9.17) is 4.99 Å². The van der Waals surface area contributed by atoms with E-state index in [9.17, 15) is 4.79 Å². The lowest BCUT2D eigenvalue weighted by Gasteiger charge is -2.26. The van der Waals surface area contributed by atoms with Crippen molar-refractivity contribution in [3.63, 3.8) is 0 Å². The molecule has 0 saturated carbocycles. The van der Waals surface area contributed by atoms with Gasteiger partial charge in [0.15, 0.2) is 5.96 Å². The minimum absolute atomic E-state index is 0. The average Bonchev–Trinajstić information content (AvgIpc) is 3.08. The number of nitrogens with one attached hydrogen (secondary N) is 2. The highest BCUT2D eigenvalue weighted by Gasteiger charge is 2.28. The van der Waals surface area contributed by atoms with Crippen molar-refractivity contribution >= 4 is 51.8 Å². The molecule has 1 aromatic rings. The van der Waals surface area contributed by atoms with E-state index in [1.54, 1.807) is 0 Å². The smallest absolute Gasteiger partial charge is 0.225 e. The molecule has 1 heterocycles. The molecular formula is C21H34BrIN4O. The summed E-state index contributed by atoms with van der Waals surface area (Å²) in [4.78, 5) is 19.0. The summed E-state index contributed by atoms with van der Waals surface area (Å²) in [6.07, 6.45) is 0.955. The Hall–Kier alpha value is -0.830. The molecule has 0 bridgehead atoms. The first-order valence-corrected chi connectivity index (χ1v) is 10.6. The van der Waals surface area contributed by atoms with E-state index in [-0.39, 0.29) is 47.3 Å². The SMILES string of the molecule is CCNC(=NCC(C)(C)c1ccccc1Br)NC1CCN(C(=O)C(C)C)C1.I. The van der Waals surface area contributed by atoms with Gasteiger partial charge >= 0.3 is 0 Å². The highest BCUT2D eigenvalue weighted by molar-refractivity contribution is 14.0. The number of amides is 1. The van der Waals surface area contributed by atoms with Gasteiger partial charge in [-0.1, -0.05) is 61.8 Å². The first-order valence-electron chi connectivity index (χ1n) is 9.83. The highest BCUT2D eigenvalue weighted by atomic mass is 127. The van der Waals surface area contributed by atoms with E-state index < -0.39 is 0 Å². The first kappa shape index (κ1) is 25.2. The summed E-state index contributed by atoms with van der Waals surface area (Å²) in [6, 6.07) is 8.56. The van der Waals surface area contributed by atoms with Crippen LogP contribution in [-0.2, 0) is 10.2 Å². The Morgan fingerprint density at radius 3 is 2.64 bits per heavy atom. The van der Waals surface area contributed by atoms with E-state index >= 15 is 0 Å². The van der Waals surface area contributed by atoms with Crippen LogP contribution >= 0.6 is 39.9 Å². The predicted molar refractivity (Wildman–Crippen MR) is 132 cm³/mol. The minimum Gasteiger partial charge on any atom is -0.357 e. The van der Waals surface area contributed by atoms with Crippen LogP contribution in [0.1, 0.15) is 46.6 Å². The second kappa shape index (κ2) is 11.4. The van der Waals surface area contributed by atoms with E-state index in [1.807, 2.05) is 24.8 Å². The number of carbonyl (C=O) groups excluding carboxylic acids is 1. The normalized spacial score (nSPS) is 17.5. The topological polar surface area (TPSA) is 56.7 Å². The molecule has 0 aliphatic carbocycles. The van der Waals surface area contributed by atoms with Gasteiger partial charge in [0.2, 0.25) is 5.91 Å². The first-order chi connectivity index (χ1) is 12.7. The van der Waals surface area contributed by atoms with Crippen LogP contribution in [0.15, 0.2) is 33.7 Å². The monoisotopic (exact) mass is 564 g/mol. The Morgan fingerprint density at radius 2 is 2.04 bits per heavy atom. The highest BCUT2D eigenvalue weighted by Crippen LogP contribution is 2.30. The molecule has 7 heteroatoms. The van der Waals surface area contributed by atoms with Crippen LogP contribution in [0.2, 0.25) is 0 Å². The van der Waals surface area contributed by atoms with Crippen LogP contribution in [0.4, 0.5) is 0 Å². The van der Waals surface area contributed by atoms with E-state index in [2.05, 4.69) is 65.5 Å². The maximum Gasteiger partial charge on any atom is 0.225 e. The van der Waals surface area contributed by atoms with Crippen LogP contribution in [0.3, 0.4) is 0 Å². The molecule has 0 radical (unpaired) electrons. The third kappa shape index (κ3) is 6.90. The fourth-order valence-electron chi connectivity index (χ4n) is 3.33.